The van der Waals surface area contributed by atoms with Crippen molar-refractivity contribution < 1.29 is 9.53 Å². The summed E-state index contributed by atoms with van der Waals surface area (Å²) in [4.78, 5) is 11.5. The Bertz CT molecular complexity index is 243. The summed E-state index contributed by atoms with van der Waals surface area (Å²) in [5.74, 6) is 0.481. The lowest BCUT2D eigenvalue weighted by molar-refractivity contribution is -0.123. The molecule has 2 fully saturated rings. The van der Waals surface area contributed by atoms with E-state index in [-0.39, 0.29) is 11.9 Å². The first-order valence-electron chi connectivity index (χ1n) is 5.86. The second-order valence-corrected chi connectivity index (χ2v) is 4.70. The molecule has 3 unspecified atom stereocenters. The van der Waals surface area contributed by atoms with Gasteiger partial charge in [0.05, 0.1) is 12.1 Å². The number of rotatable bonds is 2. The van der Waals surface area contributed by atoms with Crippen molar-refractivity contribution in [1.29, 1.82) is 0 Å². The molecule has 0 spiro atoms. The first-order chi connectivity index (χ1) is 7.18. The van der Waals surface area contributed by atoms with E-state index in [4.69, 9.17) is 10.5 Å². The molecule has 3 N–H and O–H groups in total. The van der Waals surface area contributed by atoms with Gasteiger partial charge in [0, 0.05) is 18.6 Å². The summed E-state index contributed by atoms with van der Waals surface area (Å²) in [6.07, 6.45) is 4.81. The average molecular weight is 212 g/mol. The fourth-order valence-corrected chi connectivity index (χ4v) is 2.67. The van der Waals surface area contributed by atoms with Crippen LogP contribution in [0.25, 0.3) is 0 Å². The molecule has 2 rings (SSSR count). The third kappa shape index (κ3) is 2.32. The summed E-state index contributed by atoms with van der Waals surface area (Å²) in [5.41, 5.74) is 5.55. The van der Waals surface area contributed by atoms with Gasteiger partial charge in [0.25, 0.3) is 0 Å². The van der Waals surface area contributed by atoms with Crippen molar-refractivity contribution in [3.8, 4) is 0 Å². The third-order valence-corrected chi connectivity index (χ3v) is 3.52. The number of nitrogens with two attached hydrogens (primary N) is 1. The predicted molar refractivity (Wildman–Crippen MR) is 57.3 cm³/mol. The molecule has 4 nitrogen and oxygen atoms in total. The molecule has 1 aliphatic carbocycles. The van der Waals surface area contributed by atoms with Gasteiger partial charge in [-0.05, 0) is 32.6 Å². The molecule has 0 radical (unpaired) electrons. The molecule has 15 heavy (non-hydrogen) atoms. The fraction of sp³-hybridized carbons (Fsp3) is 0.909. The van der Waals surface area contributed by atoms with Gasteiger partial charge in [-0.1, -0.05) is 0 Å². The van der Waals surface area contributed by atoms with Crippen LogP contribution < -0.4 is 11.1 Å². The molecule has 1 heterocycles. The zero-order valence-corrected chi connectivity index (χ0v) is 9.24. The Morgan fingerprint density at radius 3 is 3.00 bits per heavy atom. The number of nitrogens with one attached hydrogen (secondary N) is 1. The highest BCUT2D eigenvalue weighted by atomic mass is 16.5. The van der Waals surface area contributed by atoms with Gasteiger partial charge >= 0.3 is 0 Å². The van der Waals surface area contributed by atoms with Crippen LogP contribution in [0.5, 0.6) is 0 Å². The predicted octanol–water partition coefficient (Wildman–Crippen LogP) is 0.407. The maximum absolute atomic E-state index is 11.5. The summed E-state index contributed by atoms with van der Waals surface area (Å²) < 4.78 is 5.65. The number of fused-ring (bicyclic) bond motifs is 1. The number of carbonyl (C=O) groups excluding carboxylic acids is 1. The van der Waals surface area contributed by atoms with Crippen molar-refractivity contribution >= 4 is 5.91 Å². The van der Waals surface area contributed by atoms with Gasteiger partial charge in [0.15, 0.2) is 0 Å². The van der Waals surface area contributed by atoms with Crippen LogP contribution in [0, 0.1) is 5.92 Å². The minimum Gasteiger partial charge on any atom is -0.378 e. The van der Waals surface area contributed by atoms with E-state index in [1.807, 2.05) is 0 Å². The van der Waals surface area contributed by atoms with E-state index in [0.717, 1.165) is 32.3 Å². The van der Waals surface area contributed by atoms with Crippen LogP contribution in [0.2, 0.25) is 0 Å². The van der Waals surface area contributed by atoms with Gasteiger partial charge in [0.2, 0.25) is 5.91 Å². The average Bonchev–Trinajstić information content (AvgIpc) is 2.66. The lowest BCUT2D eigenvalue weighted by atomic mass is 9.81. The normalized spacial score (nSPS) is 37.1. The van der Waals surface area contributed by atoms with Crippen LogP contribution in [-0.2, 0) is 9.53 Å². The highest BCUT2D eigenvalue weighted by Crippen LogP contribution is 2.34. The lowest BCUT2D eigenvalue weighted by Crippen LogP contribution is -2.50. The topological polar surface area (TPSA) is 64.4 Å². The van der Waals surface area contributed by atoms with Gasteiger partial charge in [-0.15, -0.1) is 0 Å². The molecule has 0 aromatic carbocycles. The minimum absolute atomic E-state index is 0.0347. The smallest absolute Gasteiger partial charge is 0.236 e. The first-order valence-corrected chi connectivity index (χ1v) is 5.86. The third-order valence-electron chi connectivity index (χ3n) is 3.52. The fourth-order valence-electron chi connectivity index (χ4n) is 2.67. The molecule has 1 saturated heterocycles. The molecule has 1 saturated carbocycles. The summed E-state index contributed by atoms with van der Waals surface area (Å²) in [6.45, 7) is 2.57. The molecule has 4 atom stereocenters. The van der Waals surface area contributed by atoms with Crippen molar-refractivity contribution in [3.63, 3.8) is 0 Å². The Balaban J connectivity index is 1.93. The van der Waals surface area contributed by atoms with Crippen molar-refractivity contribution in [1.82, 2.24) is 5.32 Å². The van der Waals surface area contributed by atoms with Crippen LogP contribution in [0.1, 0.15) is 32.6 Å². The maximum atomic E-state index is 11.5. The summed E-state index contributed by atoms with van der Waals surface area (Å²) in [7, 11) is 0. The molecule has 2 aliphatic rings. The molecule has 1 aliphatic heterocycles. The molecular weight excluding hydrogens is 192 g/mol. The molecule has 0 aromatic rings. The lowest BCUT2D eigenvalue weighted by Gasteiger charge is -2.33. The molecule has 1 amide bonds. The highest BCUT2D eigenvalue weighted by molar-refractivity contribution is 5.81. The van der Waals surface area contributed by atoms with E-state index in [9.17, 15) is 4.79 Å². The van der Waals surface area contributed by atoms with Crippen LogP contribution >= 0.6 is 0 Å². The van der Waals surface area contributed by atoms with Crippen molar-refractivity contribution in [2.24, 2.45) is 11.7 Å². The Kier molecular flexibility index (Phi) is 3.26. The van der Waals surface area contributed by atoms with E-state index in [0.29, 0.717) is 12.0 Å². The number of amides is 1. The van der Waals surface area contributed by atoms with Gasteiger partial charge in [-0.2, -0.15) is 0 Å². The second kappa shape index (κ2) is 4.49. The zero-order chi connectivity index (χ0) is 10.8. The van der Waals surface area contributed by atoms with Crippen LogP contribution in [-0.4, -0.2) is 30.7 Å². The Labute approximate surface area is 90.5 Å². The Morgan fingerprint density at radius 2 is 2.27 bits per heavy atom. The maximum Gasteiger partial charge on any atom is 0.236 e. The standard InChI is InChI=1S/C11H20N2O2/c1-7(12)11(14)13-9-3-2-4-10-8(9)5-6-15-10/h7-10H,2-6,12H2,1H3,(H,13,14)/t7-,8?,9?,10?/m1/s1. The van der Waals surface area contributed by atoms with Crippen molar-refractivity contribution in [3.05, 3.63) is 0 Å². The van der Waals surface area contributed by atoms with Gasteiger partial charge in [-0.25, -0.2) is 0 Å². The van der Waals surface area contributed by atoms with Crippen molar-refractivity contribution in [2.75, 3.05) is 6.61 Å². The first kappa shape index (κ1) is 10.9. The number of carbonyl (C=O) groups is 1. The Hall–Kier alpha value is -0.610. The van der Waals surface area contributed by atoms with Crippen LogP contribution in [0.15, 0.2) is 0 Å². The largest absolute Gasteiger partial charge is 0.378 e. The minimum atomic E-state index is -0.410. The molecular formula is C11H20N2O2. The van der Waals surface area contributed by atoms with Crippen LogP contribution in [0.4, 0.5) is 0 Å². The zero-order valence-electron chi connectivity index (χ0n) is 9.24. The van der Waals surface area contributed by atoms with Gasteiger partial charge in [0.1, 0.15) is 0 Å². The van der Waals surface area contributed by atoms with E-state index < -0.39 is 6.04 Å². The number of hydrogen-bond donors (Lipinski definition) is 2. The summed E-state index contributed by atoms with van der Waals surface area (Å²) in [6, 6.07) is -0.127. The quantitative estimate of drug-likeness (QED) is 0.696. The monoisotopic (exact) mass is 212 g/mol. The molecule has 0 aromatic heterocycles. The van der Waals surface area contributed by atoms with Gasteiger partial charge in [-0.3, -0.25) is 4.79 Å². The van der Waals surface area contributed by atoms with Crippen LogP contribution in [0.3, 0.4) is 0 Å². The highest BCUT2D eigenvalue weighted by Gasteiger charge is 2.38. The molecule has 0 bridgehead atoms. The summed E-state index contributed by atoms with van der Waals surface area (Å²) >= 11 is 0. The van der Waals surface area contributed by atoms with E-state index in [2.05, 4.69) is 5.32 Å². The van der Waals surface area contributed by atoms with Gasteiger partial charge < -0.3 is 15.8 Å². The summed E-state index contributed by atoms with van der Waals surface area (Å²) in [5, 5.41) is 3.05. The molecule has 86 valence electrons. The SMILES string of the molecule is C[C@@H](N)C(=O)NC1CCCC2OCCC12. The van der Waals surface area contributed by atoms with E-state index >= 15 is 0 Å². The second-order valence-electron chi connectivity index (χ2n) is 4.70. The van der Waals surface area contributed by atoms with E-state index in [1.54, 1.807) is 6.92 Å². The molecule has 4 heteroatoms. The number of ether oxygens (including phenoxy) is 1. The number of hydrogen-bond acceptors (Lipinski definition) is 3. The van der Waals surface area contributed by atoms with Crippen molar-refractivity contribution in [2.45, 2.75) is 50.8 Å². The Morgan fingerprint density at radius 1 is 1.47 bits per heavy atom. The van der Waals surface area contributed by atoms with E-state index in [1.165, 1.54) is 0 Å².